The molecular weight excluding hydrogens is 361 g/mol. The maximum atomic E-state index is 11.9. The molecule has 1 amide bonds. The molecule has 1 N–H and O–H groups in total. The number of rotatable bonds is 6. The first kappa shape index (κ1) is 18.5. The summed E-state index contributed by atoms with van der Waals surface area (Å²) >= 11 is 11.6. The molecule has 0 atom stereocenters. The first-order chi connectivity index (χ1) is 9.62. The number of carbonyl (C=O) groups is 1. The quantitative estimate of drug-likeness (QED) is 0.613. The predicted molar refractivity (Wildman–Crippen MR) is 82.9 cm³/mol. The molecular formula is C12H14Cl3NO4S. The van der Waals surface area contributed by atoms with E-state index in [4.69, 9.17) is 38.6 Å². The van der Waals surface area contributed by atoms with Crippen molar-refractivity contribution in [1.82, 2.24) is 5.32 Å². The van der Waals surface area contributed by atoms with Gasteiger partial charge in [-0.1, -0.05) is 23.2 Å². The van der Waals surface area contributed by atoms with Gasteiger partial charge < -0.3 is 10.1 Å². The Balaban J connectivity index is 2.89. The summed E-state index contributed by atoms with van der Waals surface area (Å²) in [5.74, 6) is -0.498. The van der Waals surface area contributed by atoms with E-state index in [9.17, 15) is 13.2 Å². The molecule has 0 unspecified atom stereocenters. The minimum atomic E-state index is -4.10. The highest BCUT2D eigenvalue weighted by Gasteiger charge is 2.20. The molecule has 0 aliphatic carbocycles. The second-order valence-electron chi connectivity index (χ2n) is 4.38. The van der Waals surface area contributed by atoms with Crippen LogP contribution in [0.15, 0.2) is 17.0 Å². The van der Waals surface area contributed by atoms with E-state index < -0.39 is 19.9 Å². The van der Waals surface area contributed by atoms with Gasteiger partial charge in [-0.05, 0) is 26.0 Å². The first-order valence-corrected chi connectivity index (χ1v) is 9.03. The average molecular weight is 375 g/mol. The van der Waals surface area contributed by atoms with Crippen LogP contribution in [0.1, 0.15) is 24.2 Å². The summed E-state index contributed by atoms with van der Waals surface area (Å²) in [5.41, 5.74) is 0.0492. The van der Waals surface area contributed by atoms with E-state index in [0.717, 1.165) is 6.07 Å². The molecule has 9 heteroatoms. The van der Waals surface area contributed by atoms with Crippen molar-refractivity contribution in [2.24, 2.45) is 0 Å². The zero-order valence-electron chi connectivity index (χ0n) is 11.3. The average Bonchev–Trinajstić information content (AvgIpc) is 2.35. The monoisotopic (exact) mass is 373 g/mol. The number of hydrogen-bond acceptors (Lipinski definition) is 4. The van der Waals surface area contributed by atoms with Crippen LogP contribution in [-0.2, 0) is 13.8 Å². The fraction of sp³-hybridized carbons (Fsp3) is 0.417. The SMILES string of the molecule is CC(C)OCCNC(=O)c1cc(Cl)c(Cl)c(S(=O)(=O)Cl)c1. The lowest BCUT2D eigenvalue weighted by Gasteiger charge is -2.10. The highest BCUT2D eigenvalue weighted by atomic mass is 35.7. The van der Waals surface area contributed by atoms with Gasteiger partial charge in [0.2, 0.25) is 0 Å². The summed E-state index contributed by atoms with van der Waals surface area (Å²) in [6.45, 7) is 4.36. The molecule has 21 heavy (non-hydrogen) atoms. The van der Waals surface area contributed by atoms with Crippen LogP contribution >= 0.6 is 33.9 Å². The van der Waals surface area contributed by atoms with Crippen LogP contribution in [0.4, 0.5) is 0 Å². The maximum Gasteiger partial charge on any atom is 0.262 e. The zero-order chi connectivity index (χ0) is 16.2. The molecule has 0 heterocycles. The second-order valence-corrected chi connectivity index (χ2v) is 7.70. The van der Waals surface area contributed by atoms with Crippen LogP contribution in [0.3, 0.4) is 0 Å². The fourth-order valence-corrected chi connectivity index (χ4v) is 3.20. The van der Waals surface area contributed by atoms with Gasteiger partial charge in [0.25, 0.3) is 15.0 Å². The standard InChI is InChI=1S/C12H14Cl3NO4S/c1-7(2)20-4-3-16-12(17)8-5-9(13)11(14)10(6-8)21(15,18)19/h5-7H,3-4H2,1-2H3,(H,16,17). The van der Waals surface area contributed by atoms with Gasteiger partial charge in [0.1, 0.15) is 4.90 Å². The van der Waals surface area contributed by atoms with E-state index >= 15 is 0 Å². The number of benzene rings is 1. The van der Waals surface area contributed by atoms with Gasteiger partial charge in [-0.15, -0.1) is 0 Å². The van der Waals surface area contributed by atoms with Crippen LogP contribution in [0.25, 0.3) is 0 Å². The molecule has 1 aromatic rings. The van der Waals surface area contributed by atoms with Crippen molar-refractivity contribution < 1.29 is 17.9 Å². The first-order valence-electron chi connectivity index (χ1n) is 5.96. The Morgan fingerprint density at radius 2 is 1.95 bits per heavy atom. The van der Waals surface area contributed by atoms with Gasteiger partial charge in [0.15, 0.2) is 0 Å². The number of amides is 1. The van der Waals surface area contributed by atoms with Crippen LogP contribution in [0, 0.1) is 0 Å². The number of carbonyl (C=O) groups excluding carboxylic acids is 1. The Hall–Kier alpha value is -0.530. The number of nitrogens with one attached hydrogen (secondary N) is 1. The third-order valence-electron chi connectivity index (χ3n) is 2.36. The highest BCUT2D eigenvalue weighted by molar-refractivity contribution is 8.13. The van der Waals surface area contributed by atoms with Crippen molar-refractivity contribution >= 4 is 48.8 Å². The molecule has 0 aromatic heterocycles. The molecule has 0 fully saturated rings. The van der Waals surface area contributed by atoms with Crippen molar-refractivity contribution in [3.63, 3.8) is 0 Å². The van der Waals surface area contributed by atoms with Crippen LogP contribution < -0.4 is 5.32 Å². The molecule has 118 valence electrons. The largest absolute Gasteiger partial charge is 0.377 e. The minimum absolute atomic E-state index is 0.0492. The van der Waals surface area contributed by atoms with E-state index in [1.54, 1.807) is 0 Å². The molecule has 0 spiro atoms. The third-order valence-corrected chi connectivity index (χ3v) is 4.62. The smallest absolute Gasteiger partial charge is 0.262 e. The van der Waals surface area contributed by atoms with Gasteiger partial charge in [-0.2, -0.15) is 0 Å². The molecule has 0 aliphatic heterocycles. The Morgan fingerprint density at radius 3 is 2.48 bits per heavy atom. The maximum absolute atomic E-state index is 11.9. The van der Waals surface area contributed by atoms with Crippen molar-refractivity contribution in [1.29, 1.82) is 0 Å². The summed E-state index contributed by atoms with van der Waals surface area (Å²) in [5, 5.41) is 2.29. The second kappa shape index (κ2) is 7.65. The Bertz CT molecular complexity index is 632. The number of ether oxygens (including phenoxy) is 1. The zero-order valence-corrected chi connectivity index (χ0v) is 14.4. The molecule has 0 bridgehead atoms. The van der Waals surface area contributed by atoms with Crippen LogP contribution in [0.5, 0.6) is 0 Å². The van der Waals surface area contributed by atoms with E-state index in [0.29, 0.717) is 6.61 Å². The Kier molecular flexibility index (Phi) is 6.74. The van der Waals surface area contributed by atoms with Gasteiger partial charge in [-0.25, -0.2) is 8.42 Å². The summed E-state index contributed by atoms with van der Waals surface area (Å²) in [4.78, 5) is 11.5. The molecule has 5 nitrogen and oxygen atoms in total. The lowest BCUT2D eigenvalue weighted by molar-refractivity contribution is 0.0746. The topological polar surface area (TPSA) is 72.5 Å². The summed E-state index contributed by atoms with van der Waals surface area (Å²) < 4.78 is 28.0. The summed E-state index contributed by atoms with van der Waals surface area (Å²) in [7, 11) is 1.15. The van der Waals surface area contributed by atoms with Gasteiger partial charge in [0.05, 0.1) is 22.8 Å². The number of halogens is 3. The van der Waals surface area contributed by atoms with E-state index in [-0.39, 0.29) is 28.3 Å². The van der Waals surface area contributed by atoms with Gasteiger partial charge in [-0.3, -0.25) is 4.79 Å². The van der Waals surface area contributed by atoms with Crippen LogP contribution in [-0.4, -0.2) is 33.6 Å². The van der Waals surface area contributed by atoms with E-state index in [2.05, 4.69) is 5.32 Å². The number of hydrogen-bond donors (Lipinski definition) is 1. The van der Waals surface area contributed by atoms with E-state index in [1.807, 2.05) is 13.8 Å². The third kappa shape index (κ3) is 5.64. The Labute approximate surface area is 137 Å². The molecule has 0 radical (unpaired) electrons. The van der Waals surface area contributed by atoms with Gasteiger partial charge in [0, 0.05) is 22.8 Å². The minimum Gasteiger partial charge on any atom is -0.377 e. The molecule has 1 aromatic carbocycles. The molecule has 0 saturated carbocycles. The Morgan fingerprint density at radius 1 is 1.33 bits per heavy atom. The van der Waals surface area contributed by atoms with Crippen molar-refractivity contribution in [2.45, 2.75) is 24.8 Å². The lowest BCUT2D eigenvalue weighted by Crippen LogP contribution is -2.28. The van der Waals surface area contributed by atoms with E-state index in [1.165, 1.54) is 6.07 Å². The van der Waals surface area contributed by atoms with Crippen LogP contribution in [0.2, 0.25) is 10.0 Å². The summed E-state index contributed by atoms with van der Waals surface area (Å²) in [6.07, 6.45) is 0.0554. The highest BCUT2D eigenvalue weighted by Crippen LogP contribution is 2.32. The molecule has 1 rings (SSSR count). The van der Waals surface area contributed by atoms with Crippen molar-refractivity contribution in [2.75, 3.05) is 13.2 Å². The predicted octanol–water partition coefficient (Wildman–Crippen LogP) is 3.08. The normalized spacial score (nSPS) is 11.7. The fourth-order valence-electron chi connectivity index (χ4n) is 1.43. The van der Waals surface area contributed by atoms with Crippen molar-refractivity contribution in [3.8, 4) is 0 Å². The van der Waals surface area contributed by atoms with Gasteiger partial charge >= 0.3 is 0 Å². The van der Waals surface area contributed by atoms with Crippen molar-refractivity contribution in [3.05, 3.63) is 27.7 Å². The molecule has 0 aliphatic rings. The lowest BCUT2D eigenvalue weighted by atomic mass is 10.2. The molecule has 0 saturated heterocycles. The summed E-state index contributed by atoms with van der Waals surface area (Å²) in [6, 6.07) is 2.35.